The number of thioether (sulfide) groups is 1. The lowest BCUT2D eigenvalue weighted by atomic mass is 10.1. The highest BCUT2D eigenvalue weighted by atomic mass is 32.2. The Bertz CT molecular complexity index is 626. The van der Waals surface area contributed by atoms with Gasteiger partial charge in [0.1, 0.15) is 11.6 Å². The van der Waals surface area contributed by atoms with Crippen LogP contribution in [-0.4, -0.2) is 11.5 Å². The van der Waals surface area contributed by atoms with Gasteiger partial charge in [-0.15, -0.1) is 11.8 Å². The molecule has 104 valence electrons. The standard InChI is InChI=1S/C16H14F2OS/c1-11-4-2-3-5-12(11)9-20-10-16(19)14-8-13(17)6-7-15(14)18/h2-8H,9-10H2,1H3. The van der Waals surface area contributed by atoms with E-state index in [-0.39, 0.29) is 17.1 Å². The second-order valence-electron chi connectivity index (χ2n) is 4.47. The van der Waals surface area contributed by atoms with E-state index in [0.29, 0.717) is 5.75 Å². The molecule has 0 aromatic heterocycles. The van der Waals surface area contributed by atoms with Crippen LogP contribution in [0.5, 0.6) is 0 Å². The fourth-order valence-electron chi connectivity index (χ4n) is 1.81. The SMILES string of the molecule is Cc1ccccc1CSCC(=O)c1cc(F)ccc1F. The summed E-state index contributed by atoms with van der Waals surface area (Å²) in [6.07, 6.45) is 0. The van der Waals surface area contributed by atoms with Crippen LogP contribution in [0.25, 0.3) is 0 Å². The van der Waals surface area contributed by atoms with E-state index >= 15 is 0 Å². The predicted molar refractivity (Wildman–Crippen MR) is 78.0 cm³/mol. The first-order chi connectivity index (χ1) is 9.58. The van der Waals surface area contributed by atoms with E-state index in [2.05, 4.69) is 0 Å². The highest BCUT2D eigenvalue weighted by Gasteiger charge is 2.13. The molecule has 2 rings (SSSR count). The zero-order valence-corrected chi connectivity index (χ0v) is 11.8. The Balaban J connectivity index is 1.96. The Kier molecular flexibility index (Phi) is 4.90. The summed E-state index contributed by atoms with van der Waals surface area (Å²) in [6, 6.07) is 10.8. The summed E-state index contributed by atoms with van der Waals surface area (Å²) in [5, 5.41) is 0. The molecule has 0 aliphatic carbocycles. The number of benzene rings is 2. The average molecular weight is 292 g/mol. The van der Waals surface area contributed by atoms with Crippen molar-refractivity contribution in [3.05, 3.63) is 70.8 Å². The maximum Gasteiger partial charge on any atom is 0.175 e. The number of Topliss-reactive ketones (excluding diaryl/α,β-unsaturated/α-hetero) is 1. The summed E-state index contributed by atoms with van der Waals surface area (Å²) in [7, 11) is 0. The Morgan fingerprint density at radius 2 is 1.90 bits per heavy atom. The maximum atomic E-state index is 13.4. The van der Waals surface area contributed by atoms with Gasteiger partial charge in [0.25, 0.3) is 0 Å². The van der Waals surface area contributed by atoms with Crippen molar-refractivity contribution in [3.63, 3.8) is 0 Å². The number of carbonyl (C=O) groups is 1. The molecule has 4 heteroatoms. The Hall–Kier alpha value is -1.68. The Morgan fingerprint density at radius 3 is 2.65 bits per heavy atom. The summed E-state index contributed by atoms with van der Waals surface area (Å²) < 4.78 is 26.5. The third kappa shape index (κ3) is 3.67. The van der Waals surface area contributed by atoms with E-state index < -0.39 is 11.6 Å². The minimum Gasteiger partial charge on any atom is -0.293 e. The summed E-state index contributed by atoms with van der Waals surface area (Å²) in [4.78, 5) is 11.9. The number of hydrogen-bond donors (Lipinski definition) is 0. The summed E-state index contributed by atoms with van der Waals surface area (Å²) >= 11 is 1.40. The van der Waals surface area contributed by atoms with E-state index in [1.54, 1.807) is 0 Å². The zero-order chi connectivity index (χ0) is 14.5. The van der Waals surface area contributed by atoms with Crippen LogP contribution in [0.15, 0.2) is 42.5 Å². The molecule has 0 radical (unpaired) electrons. The van der Waals surface area contributed by atoms with E-state index in [9.17, 15) is 13.6 Å². The van der Waals surface area contributed by atoms with Crippen LogP contribution in [0.4, 0.5) is 8.78 Å². The van der Waals surface area contributed by atoms with Crippen molar-refractivity contribution >= 4 is 17.5 Å². The van der Waals surface area contributed by atoms with Gasteiger partial charge >= 0.3 is 0 Å². The second-order valence-corrected chi connectivity index (χ2v) is 5.45. The van der Waals surface area contributed by atoms with Crippen LogP contribution in [0.1, 0.15) is 21.5 Å². The molecule has 0 atom stereocenters. The van der Waals surface area contributed by atoms with Gasteiger partial charge < -0.3 is 0 Å². The molecular formula is C16H14F2OS. The maximum absolute atomic E-state index is 13.4. The van der Waals surface area contributed by atoms with Gasteiger partial charge in [-0.2, -0.15) is 0 Å². The first-order valence-corrected chi connectivity index (χ1v) is 7.34. The van der Waals surface area contributed by atoms with E-state index in [1.807, 2.05) is 31.2 Å². The van der Waals surface area contributed by atoms with Gasteiger partial charge in [0.15, 0.2) is 5.78 Å². The van der Waals surface area contributed by atoms with Crippen LogP contribution in [0.3, 0.4) is 0 Å². The predicted octanol–water partition coefficient (Wildman–Crippen LogP) is 4.39. The first kappa shape index (κ1) is 14.7. The van der Waals surface area contributed by atoms with Crippen molar-refractivity contribution in [3.8, 4) is 0 Å². The van der Waals surface area contributed by atoms with Crippen molar-refractivity contribution in [2.45, 2.75) is 12.7 Å². The van der Waals surface area contributed by atoms with Gasteiger partial charge in [-0.3, -0.25) is 4.79 Å². The molecule has 1 nitrogen and oxygen atoms in total. The van der Waals surface area contributed by atoms with E-state index in [4.69, 9.17) is 0 Å². The first-order valence-electron chi connectivity index (χ1n) is 6.18. The molecule has 0 spiro atoms. The topological polar surface area (TPSA) is 17.1 Å². The fourth-order valence-corrected chi connectivity index (χ4v) is 2.80. The smallest absolute Gasteiger partial charge is 0.175 e. The molecule has 0 aliphatic rings. The summed E-state index contributed by atoms with van der Waals surface area (Å²) in [6.45, 7) is 2.00. The molecule has 20 heavy (non-hydrogen) atoms. The molecule has 0 heterocycles. The van der Waals surface area contributed by atoms with Crippen molar-refractivity contribution in [2.24, 2.45) is 0 Å². The number of hydrogen-bond acceptors (Lipinski definition) is 2. The lowest BCUT2D eigenvalue weighted by molar-refractivity contribution is 0.101. The molecular weight excluding hydrogens is 278 g/mol. The van der Waals surface area contributed by atoms with Crippen molar-refractivity contribution in [1.29, 1.82) is 0 Å². The molecule has 0 N–H and O–H groups in total. The molecule has 0 saturated carbocycles. The minimum absolute atomic E-state index is 0.134. The van der Waals surface area contributed by atoms with Gasteiger partial charge in [-0.05, 0) is 36.2 Å². The van der Waals surface area contributed by atoms with Crippen LogP contribution < -0.4 is 0 Å². The number of ketones is 1. The van der Waals surface area contributed by atoms with Gasteiger partial charge in [0, 0.05) is 5.75 Å². The second kappa shape index (κ2) is 6.66. The van der Waals surface area contributed by atoms with Gasteiger partial charge in [-0.25, -0.2) is 8.78 Å². The molecule has 2 aromatic rings. The molecule has 0 aliphatic heterocycles. The molecule has 0 unspecified atom stereocenters. The van der Waals surface area contributed by atoms with Crippen LogP contribution in [0, 0.1) is 18.6 Å². The number of halogens is 2. The highest BCUT2D eigenvalue weighted by molar-refractivity contribution is 7.99. The highest BCUT2D eigenvalue weighted by Crippen LogP contribution is 2.18. The average Bonchev–Trinajstić information content (AvgIpc) is 2.43. The number of carbonyl (C=O) groups excluding carboxylic acids is 1. The van der Waals surface area contributed by atoms with Gasteiger partial charge in [-0.1, -0.05) is 24.3 Å². The fraction of sp³-hybridized carbons (Fsp3) is 0.188. The van der Waals surface area contributed by atoms with Crippen LogP contribution in [0.2, 0.25) is 0 Å². The molecule has 0 saturated heterocycles. The number of rotatable bonds is 5. The van der Waals surface area contributed by atoms with Crippen LogP contribution >= 0.6 is 11.8 Å². The number of aryl methyl sites for hydroxylation is 1. The Labute approximate surface area is 121 Å². The van der Waals surface area contributed by atoms with Crippen molar-refractivity contribution in [1.82, 2.24) is 0 Å². The monoisotopic (exact) mass is 292 g/mol. The lowest BCUT2D eigenvalue weighted by Crippen LogP contribution is -2.06. The zero-order valence-electron chi connectivity index (χ0n) is 11.0. The molecule has 0 fully saturated rings. The summed E-state index contributed by atoms with van der Waals surface area (Å²) in [5.74, 6) is -0.850. The Morgan fingerprint density at radius 1 is 1.15 bits per heavy atom. The van der Waals surface area contributed by atoms with Crippen molar-refractivity contribution < 1.29 is 13.6 Å². The molecule has 0 bridgehead atoms. The largest absolute Gasteiger partial charge is 0.293 e. The van der Waals surface area contributed by atoms with E-state index in [1.165, 1.54) is 11.8 Å². The summed E-state index contributed by atoms with van der Waals surface area (Å²) in [5.41, 5.74) is 2.12. The van der Waals surface area contributed by atoms with E-state index in [0.717, 1.165) is 29.3 Å². The third-order valence-corrected chi connectivity index (χ3v) is 3.96. The third-order valence-electron chi connectivity index (χ3n) is 2.98. The normalized spacial score (nSPS) is 10.6. The minimum atomic E-state index is -0.673. The lowest BCUT2D eigenvalue weighted by Gasteiger charge is -2.06. The molecule has 0 amide bonds. The van der Waals surface area contributed by atoms with Gasteiger partial charge in [0.2, 0.25) is 0 Å². The van der Waals surface area contributed by atoms with Gasteiger partial charge in [0.05, 0.1) is 11.3 Å². The quantitative estimate of drug-likeness (QED) is 0.760. The van der Waals surface area contributed by atoms with Crippen LogP contribution in [-0.2, 0) is 5.75 Å². The van der Waals surface area contributed by atoms with Crippen molar-refractivity contribution in [2.75, 3.05) is 5.75 Å². The molecule has 2 aromatic carbocycles.